The van der Waals surface area contributed by atoms with Gasteiger partial charge >= 0.3 is 0 Å². The summed E-state index contributed by atoms with van der Waals surface area (Å²) < 4.78 is 18.7. The molecule has 2 N–H and O–H groups in total. The summed E-state index contributed by atoms with van der Waals surface area (Å²) in [4.78, 5) is 0.205. The van der Waals surface area contributed by atoms with Crippen LogP contribution in [0.25, 0.3) is 0 Å². The van der Waals surface area contributed by atoms with Crippen LogP contribution in [-0.2, 0) is 0 Å². The van der Waals surface area contributed by atoms with Crippen LogP contribution in [0, 0.1) is 5.82 Å². The predicted molar refractivity (Wildman–Crippen MR) is 62.9 cm³/mol. The second kappa shape index (κ2) is 5.28. The van der Waals surface area contributed by atoms with E-state index >= 15 is 0 Å². The maximum absolute atomic E-state index is 13.4. The molecule has 0 aliphatic carbocycles. The van der Waals surface area contributed by atoms with Crippen LogP contribution in [0.1, 0.15) is 13.3 Å². The second-order valence-electron chi connectivity index (χ2n) is 2.97. The molecule has 2 nitrogen and oxygen atoms in total. The highest BCUT2D eigenvalue weighted by molar-refractivity contribution is 7.80. The molecule has 0 spiro atoms. The zero-order valence-corrected chi connectivity index (χ0v) is 9.74. The maximum Gasteiger partial charge on any atom is 0.183 e. The Hall–Kier alpha value is -0.870. The largest absolute Gasteiger partial charge is 0.480 e. The molecule has 5 heteroatoms. The number of halogens is 2. The zero-order valence-electron chi connectivity index (χ0n) is 8.17. The quantitative estimate of drug-likeness (QED) is 0.831. The van der Waals surface area contributed by atoms with E-state index in [2.05, 4.69) is 0 Å². The number of thiocarbonyl (C=S) groups is 1. The Kier molecular flexibility index (Phi) is 4.29. The summed E-state index contributed by atoms with van der Waals surface area (Å²) >= 11 is 10.4. The van der Waals surface area contributed by atoms with Crippen molar-refractivity contribution in [2.45, 2.75) is 19.4 Å². The van der Waals surface area contributed by atoms with E-state index in [1.165, 1.54) is 12.1 Å². The van der Waals surface area contributed by atoms with Crippen molar-refractivity contribution in [2.75, 3.05) is 0 Å². The van der Waals surface area contributed by atoms with Crippen LogP contribution < -0.4 is 10.5 Å². The van der Waals surface area contributed by atoms with Crippen molar-refractivity contribution >= 4 is 28.8 Å². The van der Waals surface area contributed by atoms with Gasteiger partial charge in [-0.05, 0) is 18.6 Å². The Bertz CT molecular complexity index is 372. The molecule has 0 amide bonds. The number of ether oxygens (including phenoxy) is 1. The van der Waals surface area contributed by atoms with E-state index in [9.17, 15) is 4.39 Å². The Morgan fingerprint density at radius 1 is 1.67 bits per heavy atom. The van der Waals surface area contributed by atoms with Gasteiger partial charge in [0, 0.05) is 0 Å². The molecule has 1 unspecified atom stereocenters. The van der Waals surface area contributed by atoms with Gasteiger partial charge in [0.1, 0.15) is 11.1 Å². The van der Waals surface area contributed by atoms with E-state index in [-0.39, 0.29) is 15.8 Å². The van der Waals surface area contributed by atoms with Gasteiger partial charge in [0.25, 0.3) is 0 Å². The minimum absolute atomic E-state index is 0.0188. The average molecular weight is 248 g/mol. The van der Waals surface area contributed by atoms with Gasteiger partial charge in [-0.25, -0.2) is 4.39 Å². The summed E-state index contributed by atoms with van der Waals surface area (Å²) in [6.45, 7) is 1.85. The van der Waals surface area contributed by atoms with Gasteiger partial charge in [0.2, 0.25) is 0 Å². The molecule has 0 heterocycles. The van der Waals surface area contributed by atoms with Gasteiger partial charge < -0.3 is 10.5 Å². The molecule has 1 aromatic carbocycles. The summed E-state index contributed by atoms with van der Waals surface area (Å²) in [5.74, 6) is -0.518. The van der Waals surface area contributed by atoms with E-state index in [0.29, 0.717) is 6.42 Å². The molecule has 0 aliphatic rings. The molecule has 15 heavy (non-hydrogen) atoms. The summed E-state index contributed by atoms with van der Waals surface area (Å²) in [7, 11) is 0. The number of nitrogens with two attached hydrogens (primary N) is 1. The lowest BCUT2D eigenvalue weighted by molar-refractivity contribution is 0.252. The third-order valence-electron chi connectivity index (χ3n) is 1.87. The van der Waals surface area contributed by atoms with Crippen LogP contribution in [-0.4, -0.2) is 11.1 Å². The molecule has 0 saturated heterocycles. The maximum atomic E-state index is 13.4. The Morgan fingerprint density at radius 2 is 2.33 bits per heavy atom. The Morgan fingerprint density at radius 3 is 2.87 bits per heavy atom. The van der Waals surface area contributed by atoms with Crippen molar-refractivity contribution in [3.05, 3.63) is 29.0 Å². The van der Waals surface area contributed by atoms with Gasteiger partial charge in [-0.2, -0.15) is 0 Å². The monoisotopic (exact) mass is 247 g/mol. The fraction of sp³-hybridized carbons (Fsp3) is 0.300. The zero-order chi connectivity index (χ0) is 11.4. The van der Waals surface area contributed by atoms with E-state index in [4.69, 9.17) is 34.3 Å². The first kappa shape index (κ1) is 12.2. The second-order valence-corrected chi connectivity index (χ2v) is 3.85. The Labute approximate surface area is 98.2 Å². The molecular weight excluding hydrogens is 237 g/mol. The molecule has 0 aliphatic heterocycles. The highest BCUT2D eigenvalue weighted by atomic mass is 35.5. The first-order chi connectivity index (χ1) is 7.06. The predicted octanol–water partition coefficient (Wildman–Crippen LogP) is 2.92. The molecule has 0 aromatic heterocycles. The van der Waals surface area contributed by atoms with Crippen LogP contribution >= 0.6 is 23.8 Å². The third kappa shape index (κ3) is 3.04. The van der Waals surface area contributed by atoms with Crippen LogP contribution in [0.3, 0.4) is 0 Å². The highest BCUT2D eigenvalue weighted by Gasteiger charge is 2.15. The summed E-state index contributed by atoms with van der Waals surface area (Å²) in [5.41, 5.74) is 5.43. The summed E-state index contributed by atoms with van der Waals surface area (Å²) in [6, 6.07) is 4.54. The topological polar surface area (TPSA) is 35.2 Å². The summed E-state index contributed by atoms with van der Waals surface area (Å²) in [5, 5.41) is 0.0188. The lowest BCUT2D eigenvalue weighted by Gasteiger charge is -2.16. The first-order valence-electron chi connectivity index (χ1n) is 4.46. The smallest absolute Gasteiger partial charge is 0.183 e. The fourth-order valence-electron chi connectivity index (χ4n) is 1.07. The number of benzene rings is 1. The SMILES string of the molecule is CCC(Oc1cccc(Cl)c1F)C(N)=S. The lowest BCUT2D eigenvalue weighted by atomic mass is 10.2. The first-order valence-corrected chi connectivity index (χ1v) is 5.24. The van der Waals surface area contributed by atoms with Gasteiger partial charge in [-0.3, -0.25) is 0 Å². The normalized spacial score (nSPS) is 12.2. The standard InChI is InChI=1S/C10H11ClFNOS/c1-2-7(10(13)15)14-8-5-3-4-6(11)9(8)12/h3-5,7H,2H2,1H3,(H2,13,15). The van der Waals surface area contributed by atoms with Crippen molar-refractivity contribution in [3.63, 3.8) is 0 Å². The van der Waals surface area contributed by atoms with Crippen LogP contribution in [0.4, 0.5) is 4.39 Å². The van der Waals surface area contributed by atoms with Crippen molar-refractivity contribution in [1.29, 1.82) is 0 Å². The molecule has 1 aromatic rings. The van der Waals surface area contributed by atoms with E-state index in [1.807, 2.05) is 6.92 Å². The third-order valence-corrected chi connectivity index (χ3v) is 2.43. The lowest BCUT2D eigenvalue weighted by Crippen LogP contribution is -2.31. The van der Waals surface area contributed by atoms with Gasteiger partial charge in [0.05, 0.1) is 5.02 Å². The molecule has 1 rings (SSSR count). The molecular formula is C10H11ClFNOS. The van der Waals surface area contributed by atoms with E-state index < -0.39 is 11.9 Å². The van der Waals surface area contributed by atoms with Gasteiger partial charge in [-0.1, -0.05) is 36.8 Å². The fourth-order valence-corrected chi connectivity index (χ4v) is 1.45. The number of hydrogen-bond donors (Lipinski definition) is 1. The number of rotatable bonds is 4. The van der Waals surface area contributed by atoms with Crippen molar-refractivity contribution in [2.24, 2.45) is 5.73 Å². The highest BCUT2D eigenvalue weighted by Crippen LogP contribution is 2.25. The molecule has 0 radical (unpaired) electrons. The molecule has 0 saturated carbocycles. The minimum Gasteiger partial charge on any atom is -0.480 e. The average Bonchev–Trinajstić information content (AvgIpc) is 2.19. The van der Waals surface area contributed by atoms with E-state index in [1.54, 1.807) is 6.07 Å². The van der Waals surface area contributed by atoms with Crippen molar-refractivity contribution < 1.29 is 9.13 Å². The van der Waals surface area contributed by atoms with Crippen LogP contribution in [0.15, 0.2) is 18.2 Å². The van der Waals surface area contributed by atoms with Gasteiger partial charge in [0.15, 0.2) is 11.6 Å². The van der Waals surface area contributed by atoms with Crippen LogP contribution in [0.2, 0.25) is 5.02 Å². The molecule has 0 bridgehead atoms. The molecule has 0 fully saturated rings. The number of hydrogen-bond acceptors (Lipinski definition) is 2. The van der Waals surface area contributed by atoms with Crippen molar-refractivity contribution in [1.82, 2.24) is 0 Å². The van der Waals surface area contributed by atoms with Crippen molar-refractivity contribution in [3.8, 4) is 5.75 Å². The van der Waals surface area contributed by atoms with Gasteiger partial charge in [-0.15, -0.1) is 0 Å². The van der Waals surface area contributed by atoms with E-state index in [0.717, 1.165) is 0 Å². The molecule has 1 atom stereocenters. The molecule has 82 valence electrons. The van der Waals surface area contributed by atoms with Crippen LogP contribution in [0.5, 0.6) is 5.75 Å². The Balaban J connectivity index is 2.88. The summed E-state index contributed by atoms with van der Waals surface area (Å²) in [6.07, 6.45) is 0.120. The minimum atomic E-state index is -0.589.